The fourth-order valence-corrected chi connectivity index (χ4v) is 1.72. The summed E-state index contributed by atoms with van der Waals surface area (Å²) in [5.41, 5.74) is -0.972. The average Bonchev–Trinajstić information content (AvgIpc) is 2.24. The van der Waals surface area contributed by atoms with Gasteiger partial charge in [0.25, 0.3) is 0 Å². The second kappa shape index (κ2) is 5.64. The van der Waals surface area contributed by atoms with E-state index in [1.807, 2.05) is 0 Å². The van der Waals surface area contributed by atoms with Crippen LogP contribution in [0.4, 0.5) is 19.0 Å². The summed E-state index contributed by atoms with van der Waals surface area (Å²) in [6.45, 7) is 2.99. The maximum absolute atomic E-state index is 12.5. The van der Waals surface area contributed by atoms with Crippen molar-refractivity contribution in [3.05, 3.63) is 22.8 Å². The lowest BCUT2D eigenvalue weighted by molar-refractivity contribution is -0.138. The minimum atomic E-state index is -4.54. The number of hydrogen-bond acceptors (Lipinski definition) is 3. The van der Waals surface area contributed by atoms with Gasteiger partial charge in [-0.15, -0.1) is 0 Å². The number of aliphatic carboxylic acids is 1. The van der Waals surface area contributed by atoms with E-state index in [9.17, 15) is 18.0 Å². The largest absolute Gasteiger partial charge is 0.480 e. The Morgan fingerprint density at radius 1 is 1.53 bits per heavy atom. The Morgan fingerprint density at radius 3 is 2.47 bits per heavy atom. The number of anilines is 1. The molecule has 1 aromatic heterocycles. The molecule has 0 fully saturated rings. The van der Waals surface area contributed by atoms with E-state index in [4.69, 9.17) is 16.7 Å². The zero-order chi connectivity index (χ0) is 14.8. The monoisotopic (exact) mass is 296 g/mol. The summed E-state index contributed by atoms with van der Waals surface area (Å²) in [6.07, 6.45) is -3.90. The van der Waals surface area contributed by atoms with Crippen molar-refractivity contribution in [3.63, 3.8) is 0 Å². The Hall–Kier alpha value is -1.50. The van der Waals surface area contributed by atoms with Crippen molar-refractivity contribution in [2.75, 3.05) is 11.4 Å². The summed E-state index contributed by atoms with van der Waals surface area (Å²) in [5, 5.41) is 8.54. The van der Waals surface area contributed by atoms with Crippen molar-refractivity contribution in [1.29, 1.82) is 0 Å². The van der Waals surface area contributed by atoms with E-state index < -0.39 is 24.3 Å². The number of halogens is 4. The number of alkyl halides is 3. The van der Waals surface area contributed by atoms with E-state index in [0.717, 1.165) is 6.07 Å². The first kappa shape index (κ1) is 15.6. The molecule has 0 radical (unpaired) electrons. The highest BCUT2D eigenvalue weighted by molar-refractivity contribution is 6.33. The van der Waals surface area contributed by atoms with Gasteiger partial charge >= 0.3 is 12.1 Å². The van der Waals surface area contributed by atoms with E-state index >= 15 is 0 Å². The van der Waals surface area contributed by atoms with E-state index in [2.05, 4.69) is 4.98 Å². The number of carboxylic acids is 1. The summed E-state index contributed by atoms with van der Waals surface area (Å²) in [4.78, 5) is 15.7. The number of rotatable bonds is 4. The predicted octanol–water partition coefficient (Wildman–Crippen LogP) is 3.05. The molecule has 0 aromatic carbocycles. The minimum absolute atomic E-state index is 0.0204. The molecule has 1 aromatic rings. The van der Waals surface area contributed by atoms with Gasteiger partial charge in [-0.25, -0.2) is 4.98 Å². The first-order valence-electron chi connectivity index (χ1n) is 5.34. The zero-order valence-corrected chi connectivity index (χ0v) is 11.0. The molecular weight excluding hydrogens is 285 g/mol. The van der Waals surface area contributed by atoms with E-state index in [0.29, 0.717) is 6.20 Å². The molecule has 0 bridgehead atoms. The van der Waals surface area contributed by atoms with Crippen LogP contribution in [0.3, 0.4) is 0 Å². The van der Waals surface area contributed by atoms with Crippen LogP contribution >= 0.6 is 11.6 Å². The molecule has 0 spiro atoms. The van der Waals surface area contributed by atoms with Crippen molar-refractivity contribution < 1.29 is 23.1 Å². The second-order valence-electron chi connectivity index (χ2n) is 4.14. The van der Waals surface area contributed by atoms with Crippen LogP contribution in [0.25, 0.3) is 0 Å². The van der Waals surface area contributed by atoms with Crippen molar-refractivity contribution in [3.8, 4) is 0 Å². The van der Waals surface area contributed by atoms with Crippen LogP contribution in [-0.2, 0) is 11.0 Å². The smallest absolute Gasteiger partial charge is 0.417 e. The summed E-state index contributed by atoms with van der Waals surface area (Å²) in [6, 6.07) is 0.471. The first-order valence-corrected chi connectivity index (χ1v) is 5.72. The summed E-state index contributed by atoms with van der Waals surface area (Å²) >= 11 is 5.76. The number of carboxylic acid groups (broad SMARTS) is 1. The van der Waals surface area contributed by atoms with Crippen LogP contribution in [0.5, 0.6) is 0 Å². The highest BCUT2D eigenvalue weighted by Gasteiger charge is 2.32. The van der Waals surface area contributed by atoms with E-state index in [1.165, 1.54) is 4.90 Å². The van der Waals surface area contributed by atoms with Crippen LogP contribution in [-0.4, -0.2) is 28.6 Å². The summed E-state index contributed by atoms with van der Waals surface area (Å²) in [7, 11) is 0. The Morgan fingerprint density at radius 2 is 2.11 bits per heavy atom. The van der Waals surface area contributed by atoms with Gasteiger partial charge in [0.15, 0.2) is 0 Å². The molecule has 106 valence electrons. The maximum atomic E-state index is 12.5. The van der Waals surface area contributed by atoms with Crippen LogP contribution < -0.4 is 4.90 Å². The lowest BCUT2D eigenvalue weighted by atomic mass is 10.2. The second-order valence-corrected chi connectivity index (χ2v) is 4.55. The van der Waals surface area contributed by atoms with Gasteiger partial charge < -0.3 is 10.0 Å². The van der Waals surface area contributed by atoms with Crippen LogP contribution in [0, 0.1) is 0 Å². The molecule has 1 rings (SSSR count). The highest BCUT2D eigenvalue weighted by atomic mass is 35.5. The number of carbonyl (C=O) groups is 1. The Kier molecular flexibility index (Phi) is 4.62. The molecule has 1 heterocycles. The van der Waals surface area contributed by atoms with Gasteiger partial charge in [-0.3, -0.25) is 4.79 Å². The first-order chi connectivity index (χ1) is 8.62. The maximum Gasteiger partial charge on any atom is 0.417 e. The number of hydrogen-bond donors (Lipinski definition) is 1. The minimum Gasteiger partial charge on any atom is -0.480 e. The predicted molar refractivity (Wildman–Crippen MR) is 64.4 cm³/mol. The molecule has 4 nitrogen and oxygen atoms in total. The molecule has 8 heteroatoms. The van der Waals surface area contributed by atoms with Gasteiger partial charge in [0.05, 0.1) is 10.6 Å². The van der Waals surface area contributed by atoms with Crippen molar-refractivity contribution in [1.82, 2.24) is 4.98 Å². The Bertz CT molecular complexity index is 477. The van der Waals surface area contributed by atoms with Crippen LogP contribution in [0.1, 0.15) is 19.4 Å². The van der Waals surface area contributed by atoms with Gasteiger partial charge in [0.1, 0.15) is 12.4 Å². The molecule has 0 unspecified atom stereocenters. The third-order valence-electron chi connectivity index (χ3n) is 2.35. The van der Waals surface area contributed by atoms with Gasteiger partial charge in [0, 0.05) is 12.2 Å². The fraction of sp³-hybridized carbons (Fsp3) is 0.455. The van der Waals surface area contributed by atoms with Gasteiger partial charge in [0.2, 0.25) is 0 Å². The standard InChI is InChI=1S/C11H12ClF3N2O2/c1-6(2)17(5-9(18)19)10-8(12)3-7(4-16-10)11(13,14)15/h3-4,6H,5H2,1-2H3,(H,18,19). The molecule has 0 aliphatic heterocycles. The number of nitrogens with zero attached hydrogens (tertiary/aromatic N) is 2. The third kappa shape index (κ3) is 3.99. The fourth-order valence-electron chi connectivity index (χ4n) is 1.44. The van der Waals surface area contributed by atoms with E-state index in [1.54, 1.807) is 13.8 Å². The zero-order valence-electron chi connectivity index (χ0n) is 10.2. The molecule has 19 heavy (non-hydrogen) atoms. The molecular formula is C11H12ClF3N2O2. The molecule has 0 aliphatic carbocycles. The Labute approximate surface area is 112 Å². The molecule has 0 aliphatic rings. The lowest BCUT2D eigenvalue weighted by Crippen LogP contribution is -2.36. The summed E-state index contributed by atoms with van der Waals surface area (Å²) in [5.74, 6) is -1.10. The Balaban J connectivity index is 3.16. The quantitative estimate of drug-likeness (QED) is 0.928. The van der Waals surface area contributed by atoms with E-state index in [-0.39, 0.29) is 16.9 Å². The SMILES string of the molecule is CC(C)N(CC(=O)O)c1ncc(C(F)(F)F)cc1Cl. The third-order valence-corrected chi connectivity index (χ3v) is 2.63. The van der Waals surface area contributed by atoms with Gasteiger partial charge in [-0.2, -0.15) is 13.2 Å². The van der Waals surface area contributed by atoms with Crippen molar-refractivity contribution >= 4 is 23.4 Å². The molecule has 1 N–H and O–H groups in total. The topological polar surface area (TPSA) is 53.4 Å². The van der Waals surface area contributed by atoms with Crippen LogP contribution in [0.2, 0.25) is 5.02 Å². The number of aromatic nitrogens is 1. The highest BCUT2D eigenvalue weighted by Crippen LogP contribution is 2.33. The lowest BCUT2D eigenvalue weighted by Gasteiger charge is -2.27. The number of pyridine rings is 1. The molecule has 0 saturated carbocycles. The molecule has 0 atom stereocenters. The summed E-state index contributed by atoms with van der Waals surface area (Å²) < 4.78 is 37.4. The average molecular weight is 297 g/mol. The molecule has 0 amide bonds. The van der Waals surface area contributed by atoms with Crippen molar-refractivity contribution in [2.45, 2.75) is 26.1 Å². The normalized spacial score (nSPS) is 11.7. The van der Waals surface area contributed by atoms with Gasteiger partial charge in [-0.1, -0.05) is 11.6 Å². The van der Waals surface area contributed by atoms with Crippen LogP contribution in [0.15, 0.2) is 12.3 Å². The van der Waals surface area contributed by atoms with Crippen molar-refractivity contribution in [2.24, 2.45) is 0 Å². The van der Waals surface area contributed by atoms with Gasteiger partial charge in [-0.05, 0) is 19.9 Å². The molecule has 0 saturated heterocycles.